The van der Waals surface area contributed by atoms with Gasteiger partial charge in [0.25, 0.3) is 17.6 Å². The molecule has 8 N–H and O–H groups in total. The fourth-order valence-electron chi connectivity index (χ4n) is 4.46. The number of nitrogens with two attached hydrogens (primary N) is 1. The van der Waals surface area contributed by atoms with E-state index < -0.39 is 29.0 Å². The Morgan fingerprint density at radius 1 is 1.30 bits per heavy atom. The quantitative estimate of drug-likeness (QED) is 0.176. The van der Waals surface area contributed by atoms with Crippen molar-refractivity contribution < 1.29 is 24.5 Å². The summed E-state index contributed by atoms with van der Waals surface area (Å²) in [7, 11) is 0. The Morgan fingerprint density at radius 3 is 2.67 bits per heavy atom. The van der Waals surface area contributed by atoms with Crippen molar-refractivity contribution in [3.05, 3.63) is 63.5 Å². The van der Waals surface area contributed by atoms with Crippen molar-refractivity contribution >= 4 is 34.9 Å². The Labute approximate surface area is 194 Å². The van der Waals surface area contributed by atoms with E-state index in [0.717, 1.165) is 6.42 Å². The van der Waals surface area contributed by atoms with Crippen LogP contribution in [0.25, 0.3) is 0 Å². The highest BCUT2D eigenvalue weighted by atomic mass is 35.5. The van der Waals surface area contributed by atoms with Gasteiger partial charge in [0.15, 0.2) is 5.82 Å². The molecule has 2 heterocycles. The molecule has 2 aliphatic rings. The minimum Gasteiger partial charge on any atom is -0.340 e. The van der Waals surface area contributed by atoms with Crippen molar-refractivity contribution in [3.8, 4) is 0 Å². The van der Waals surface area contributed by atoms with E-state index in [4.69, 9.17) is 17.4 Å². The number of hydrazine groups is 1. The SMILES string of the molecule is Cc1c(C(=O)C(=O)NC2(C(=C[NH3+])NN)CC2)c2n(c1C(=O)Nc1cccc(Cl)c1F)CCC2. The summed E-state index contributed by atoms with van der Waals surface area (Å²) < 4.78 is 16.0. The average molecular weight is 476 g/mol. The van der Waals surface area contributed by atoms with Crippen LogP contribution >= 0.6 is 11.6 Å². The number of benzene rings is 1. The highest BCUT2D eigenvalue weighted by Crippen LogP contribution is 2.40. The molecule has 2 aromatic rings. The summed E-state index contributed by atoms with van der Waals surface area (Å²) in [6, 6.07) is 4.30. The number of hydrogen-bond donors (Lipinski definition) is 5. The molecule has 11 heteroatoms. The van der Waals surface area contributed by atoms with Crippen LogP contribution in [-0.2, 0) is 17.8 Å². The summed E-state index contributed by atoms with van der Waals surface area (Å²) in [5, 5.41) is 5.18. The number of quaternary nitrogens is 1. The molecule has 1 aliphatic carbocycles. The molecule has 1 aromatic carbocycles. The second-order valence-corrected chi connectivity index (χ2v) is 8.64. The van der Waals surface area contributed by atoms with Crippen molar-refractivity contribution in [2.24, 2.45) is 5.84 Å². The lowest BCUT2D eigenvalue weighted by Gasteiger charge is -2.18. The van der Waals surface area contributed by atoms with E-state index in [1.807, 2.05) is 0 Å². The molecule has 1 aliphatic heterocycles. The van der Waals surface area contributed by atoms with Gasteiger partial charge in [-0.2, -0.15) is 0 Å². The van der Waals surface area contributed by atoms with Crippen LogP contribution in [0.4, 0.5) is 10.1 Å². The first-order valence-corrected chi connectivity index (χ1v) is 10.9. The number of anilines is 1. The number of nitrogens with zero attached hydrogens (tertiary/aromatic N) is 1. The highest BCUT2D eigenvalue weighted by molar-refractivity contribution is 6.44. The minimum atomic E-state index is -0.779. The predicted octanol–water partition coefficient (Wildman–Crippen LogP) is 1.17. The Bertz CT molecular complexity index is 1200. The molecule has 0 spiro atoms. The third-order valence-electron chi connectivity index (χ3n) is 6.24. The molecule has 4 rings (SSSR count). The number of nitrogens with one attached hydrogen (secondary N) is 3. The standard InChI is InChI=1S/C22H24ClFN6O3/c1-11-16(19(31)21(33)28-22(7-8-22)15(10-25)29-26)14-6-3-9-30(14)18(11)20(32)27-13-5-2-4-12(23)17(13)24/h2,4-5,10,29H,3,6-9,25-26H2,1H3,(H,27,32)(H,28,33)/p+1. The molecule has 0 bridgehead atoms. The summed E-state index contributed by atoms with van der Waals surface area (Å²) in [4.78, 5) is 39.2. The molecule has 0 radical (unpaired) electrons. The van der Waals surface area contributed by atoms with E-state index >= 15 is 0 Å². The van der Waals surface area contributed by atoms with Gasteiger partial charge in [0, 0.05) is 12.2 Å². The van der Waals surface area contributed by atoms with Crippen LogP contribution in [0.2, 0.25) is 5.02 Å². The fraction of sp³-hybridized carbons (Fsp3) is 0.318. The first-order chi connectivity index (χ1) is 15.7. The monoisotopic (exact) mass is 475 g/mol. The van der Waals surface area contributed by atoms with Crippen molar-refractivity contribution in [1.29, 1.82) is 0 Å². The first kappa shape index (κ1) is 23.0. The average Bonchev–Trinajstić information content (AvgIpc) is 3.29. The Hall–Kier alpha value is -3.21. The van der Waals surface area contributed by atoms with E-state index in [1.165, 1.54) is 24.4 Å². The zero-order chi connectivity index (χ0) is 23.9. The van der Waals surface area contributed by atoms with Crippen molar-refractivity contribution in [2.45, 2.75) is 44.7 Å². The fourth-order valence-corrected chi connectivity index (χ4v) is 4.64. The Morgan fingerprint density at radius 2 is 2.03 bits per heavy atom. The summed E-state index contributed by atoms with van der Waals surface area (Å²) in [5.41, 5.74) is 7.36. The van der Waals surface area contributed by atoms with Gasteiger partial charge in [0.05, 0.1) is 21.8 Å². The molecule has 0 atom stereocenters. The lowest BCUT2D eigenvalue weighted by atomic mass is 10.0. The molecule has 0 unspecified atom stereocenters. The van der Waals surface area contributed by atoms with E-state index in [2.05, 4.69) is 21.8 Å². The number of carbonyl (C=O) groups excluding carboxylic acids is 3. The molecular weight excluding hydrogens is 451 g/mol. The zero-order valence-electron chi connectivity index (χ0n) is 18.1. The maximum atomic E-state index is 14.3. The smallest absolute Gasteiger partial charge is 0.293 e. The molecule has 174 valence electrons. The van der Waals surface area contributed by atoms with Crippen molar-refractivity contribution in [3.63, 3.8) is 0 Å². The largest absolute Gasteiger partial charge is 0.340 e. The van der Waals surface area contributed by atoms with Gasteiger partial charge in [0.1, 0.15) is 17.6 Å². The summed E-state index contributed by atoms with van der Waals surface area (Å²) in [5.74, 6) is 2.69. The number of rotatable bonds is 7. The van der Waals surface area contributed by atoms with Crippen LogP contribution in [0.1, 0.15) is 51.4 Å². The van der Waals surface area contributed by atoms with E-state index in [-0.39, 0.29) is 22.0 Å². The number of hydrogen-bond acceptors (Lipinski definition) is 5. The molecule has 9 nitrogen and oxygen atoms in total. The van der Waals surface area contributed by atoms with Gasteiger partial charge in [-0.1, -0.05) is 17.7 Å². The second kappa shape index (κ2) is 8.62. The normalized spacial score (nSPS) is 16.2. The van der Waals surface area contributed by atoms with Crippen LogP contribution in [0.5, 0.6) is 0 Å². The number of ketones is 1. The third kappa shape index (κ3) is 3.90. The zero-order valence-corrected chi connectivity index (χ0v) is 18.8. The van der Waals surface area contributed by atoms with E-state index in [9.17, 15) is 18.8 Å². The summed E-state index contributed by atoms with van der Waals surface area (Å²) >= 11 is 5.81. The molecular formula is C22H25ClFN6O3+. The molecule has 1 saturated carbocycles. The molecule has 1 fully saturated rings. The van der Waals surface area contributed by atoms with Crippen LogP contribution in [0.15, 0.2) is 30.1 Å². The van der Waals surface area contributed by atoms with Gasteiger partial charge >= 0.3 is 0 Å². The third-order valence-corrected chi connectivity index (χ3v) is 6.53. The summed E-state index contributed by atoms with van der Waals surface area (Å²) in [6.07, 6.45) is 4.04. The minimum absolute atomic E-state index is 0.0662. The number of halogens is 2. The lowest BCUT2D eigenvalue weighted by molar-refractivity contribution is -0.277. The van der Waals surface area contributed by atoms with E-state index in [1.54, 1.807) is 11.5 Å². The Kier molecular flexibility index (Phi) is 6.00. The van der Waals surface area contributed by atoms with Gasteiger partial charge in [-0.05, 0) is 50.3 Å². The predicted molar refractivity (Wildman–Crippen MR) is 120 cm³/mol. The van der Waals surface area contributed by atoms with Crippen LogP contribution in [0, 0.1) is 12.7 Å². The second-order valence-electron chi connectivity index (χ2n) is 8.23. The molecule has 0 saturated heterocycles. The molecule has 33 heavy (non-hydrogen) atoms. The molecule has 2 amide bonds. The number of amides is 2. The molecule has 1 aromatic heterocycles. The van der Waals surface area contributed by atoms with E-state index in [0.29, 0.717) is 42.8 Å². The van der Waals surface area contributed by atoms with Gasteiger partial charge in [-0.15, -0.1) is 0 Å². The maximum Gasteiger partial charge on any atom is 0.293 e. The first-order valence-electron chi connectivity index (χ1n) is 10.5. The van der Waals surface area contributed by atoms with Gasteiger partial charge < -0.3 is 26.4 Å². The van der Waals surface area contributed by atoms with Gasteiger partial charge in [-0.25, -0.2) is 4.39 Å². The maximum absolute atomic E-state index is 14.3. The lowest BCUT2D eigenvalue weighted by Crippen LogP contribution is -2.51. The highest BCUT2D eigenvalue weighted by Gasteiger charge is 2.49. The van der Waals surface area contributed by atoms with Gasteiger partial charge in [-0.3, -0.25) is 20.2 Å². The Balaban J connectivity index is 1.64. The number of fused-ring (bicyclic) bond motifs is 1. The van der Waals surface area contributed by atoms with Crippen LogP contribution < -0.4 is 27.6 Å². The number of carbonyl (C=O) groups is 3. The van der Waals surface area contributed by atoms with Crippen LogP contribution in [-0.4, -0.2) is 27.7 Å². The topological polar surface area (TPSA) is 146 Å². The van der Waals surface area contributed by atoms with Crippen molar-refractivity contribution in [1.82, 2.24) is 15.3 Å². The van der Waals surface area contributed by atoms with Crippen LogP contribution in [0.3, 0.4) is 0 Å². The van der Waals surface area contributed by atoms with Gasteiger partial charge in [0.2, 0.25) is 0 Å². The number of aromatic nitrogens is 1. The number of Topliss-reactive ketones (excluding diaryl/α,β-unsaturated/α-hetero) is 1. The summed E-state index contributed by atoms with van der Waals surface area (Å²) in [6.45, 7) is 2.13. The van der Waals surface area contributed by atoms with Crippen molar-refractivity contribution in [2.75, 3.05) is 5.32 Å².